The average Bonchev–Trinajstić information content (AvgIpc) is 3.07. The fraction of sp³-hybridized carbons (Fsp3) is 0.667. The first-order valence-electron chi connectivity index (χ1n) is 13.6. The second-order valence-corrected chi connectivity index (χ2v) is 25.3. The molecule has 0 saturated carbocycles. The Morgan fingerprint density at radius 1 is 0.545 bits per heavy atom. The normalized spacial score (nSPS) is 15.3. The number of imide groups is 1. The molecule has 15 nitrogen and oxygen atoms in total. The lowest BCUT2D eigenvalue weighted by Crippen LogP contribution is -2.49. The molecule has 0 radical (unpaired) electrons. The van der Waals surface area contributed by atoms with Crippen molar-refractivity contribution in [2.45, 2.75) is 19.6 Å². The van der Waals surface area contributed by atoms with Gasteiger partial charge in [-0.3, -0.25) is 14.5 Å². The Kier molecular flexibility index (Phi) is 12.5. The molecular weight excluding hydrogens is 675 g/mol. The van der Waals surface area contributed by atoms with Crippen molar-refractivity contribution in [2.24, 2.45) is 0 Å². The van der Waals surface area contributed by atoms with E-state index in [4.69, 9.17) is 0 Å². The molecule has 252 valence electrons. The summed E-state index contributed by atoms with van der Waals surface area (Å²) in [5.74, 6) is -1.12. The van der Waals surface area contributed by atoms with Crippen LogP contribution >= 0.6 is 0 Å². The van der Waals surface area contributed by atoms with Crippen molar-refractivity contribution in [1.82, 2.24) is 22.1 Å². The van der Waals surface area contributed by atoms with Gasteiger partial charge in [0.2, 0.25) is 40.1 Å². The fourth-order valence-corrected chi connectivity index (χ4v) is 10.8. The molecule has 0 spiro atoms. The number of nitrogens with zero attached hydrogens (tertiary/aromatic N) is 5. The molecule has 1 aromatic rings. The van der Waals surface area contributed by atoms with E-state index in [9.17, 15) is 43.3 Å². The van der Waals surface area contributed by atoms with Crippen LogP contribution in [0, 0.1) is 0 Å². The highest BCUT2D eigenvalue weighted by atomic mass is 32.2. The van der Waals surface area contributed by atoms with Crippen molar-refractivity contribution in [2.75, 3.05) is 83.5 Å². The van der Waals surface area contributed by atoms with Crippen LogP contribution in [0.3, 0.4) is 0 Å². The van der Waals surface area contributed by atoms with E-state index in [-0.39, 0.29) is 69.7 Å². The van der Waals surface area contributed by atoms with Crippen LogP contribution in [0.25, 0.3) is 0 Å². The lowest BCUT2D eigenvalue weighted by Gasteiger charge is -2.30. The second kappa shape index (κ2) is 14.3. The van der Waals surface area contributed by atoms with Crippen molar-refractivity contribution < 1.29 is 43.3 Å². The van der Waals surface area contributed by atoms with E-state index < -0.39 is 60.0 Å². The summed E-state index contributed by atoms with van der Waals surface area (Å²) in [6, 6.07) is 6.21. The molecule has 0 N–H and O–H groups in total. The minimum Gasteiger partial charge on any atom is -0.273 e. The summed E-state index contributed by atoms with van der Waals surface area (Å²) in [7, 11) is -17.2. The fourth-order valence-electron chi connectivity index (χ4n) is 4.54. The molecule has 0 bridgehead atoms. The molecule has 20 heteroatoms. The van der Waals surface area contributed by atoms with Gasteiger partial charge in [0.15, 0.2) is 0 Å². The van der Waals surface area contributed by atoms with E-state index in [0.717, 1.165) is 42.8 Å². The van der Waals surface area contributed by atoms with Gasteiger partial charge in [-0.1, -0.05) is 31.8 Å². The van der Waals surface area contributed by atoms with Gasteiger partial charge in [-0.05, 0) is 12.1 Å². The molecule has 2 rings (SSSR count). The Balaban J connectivity index is 2.14. The number of amides is 2. The van der Waals surface area contributed by atoms with E-state index in [0.29, 0.717) is 0 Å². The molecule has 1 heterocycles. The van der Waals surface area contributed by atoms with E-state index in [1.165, 1.54) is 16.4 Å². The summed E-state index contributed by atoms with van der Waals surface area (Å²) in [5.41, 5.74) is 0.421. The highest BCUT2D eigenvalue weighted by Crippen LogP contribution is 2.22. The lowest BCUT2D eigenvalue weighted by molar-refractivity contribution is 0.0647. The van der Waals surface area contributed by atoms with Gasteiger partial charge in [-0.15, -0.1) is 0 Å². The van der Waals surface area contributed by atoms with Gasteiger partial charge in [0, 0.05) is 58.5 Å². The number of carbonyl (C=O) groups excluding carboxylic acids is 2. The third-order valence-corrected chi connectivity index (χ3v) is 13.5. The number of benzene rings is 1. The average molecular weight is 718 g/mol. The maximum absolute atomic E-state index is 12.7. The standard InChI is InChI=1S/C24H43N5O10S4Si/c1-40(32,33)25(12-13-26(41(2,34)35)16-17-28(43(4,38)39)20-44(5,6)7)14-15-27(42(3,36)37)18-19-29-23(30)21-10-8-9-11-22(21)24(29)31/h8-11H,12-20H2,1-7H3. The van der Waals surface area contributed by atoms with Crippen molar-refractivity contribution >= 4 is 60.0 Å². The molecule has 0 atom stereocenters. The molecular formula is C24H43N5O10S4Si. The number of rotatable bonds is 18. The van der Waals surface area contributed by atoms with Gasteiger partial charge in [0.25, 0.3) is 11.8 Å². The van der Waals surface area contributed by atoms with Crippen molar-refractivity contribution in [1.29, 1.82) is 0 Å². The van der Waals surface area contributed by atoms with Crippen LogP contribution in [-0.4, -0.2) is 159 Å². The maximum Gasteiger partial charge on any atom is 0.261 e. The second-order valence-electron chi connectivity index (χ2n) is 12.0. The molecule has 0 fully saturated rings. The minimum atomic E-state index is -3.94. The Morgan fingerprint density at radius 3 is 1.14 bits per heavy atom. The Morgan fingerprint density at radius 2 is 0.841 bits per heavy atom. The zero-order valence-corrected chi connectivity index (χ0v) is 30.4. The van der Waals surface area contributed by atoms with Crippen molar-refractivity contribution in [3.05, 3.63) is 35.4 Å². The molecule has 0 aromatic heterocycles. The first-order valence-corrected chi connectivity index (χ1v) is 24.7. The van der Waals surface area contributed by atoms with Crippen LogP contribution in [0.4, 0.5) is 0 Å². The molecule has 44 heavy (non-hydrogen) atoms. The Labute approximate surface area is 263 Å². The van der Waals surface area contributed by atoms with Crippen LogP contribution in [0.5, 0.6) is 0 Å². The number of sulfonamides is 4. The van der Waals surface area contributed by atoms with Crippen molar-refractivity contribution in [3.63, 3.8) is 0 Å². The van der Waals surface area contributed by atoms with Gasteiger partial charge in [-0.25, -0.2) is 38.0 Å². The number of fused-ring (bicyclic) bond motifs is 1. The monoisotopic (exact) mass is 717 g/mol. The van der Waals surface area contributed by atoms with Crippen molar-refractivity contribution in [3.8, 4) is 0 Å². The van der Waals surface area contributed by atoms with E-state index in [1.807, 2.05) is 19.6 Å². The Hall–Kier alpha value is -1.78. The van der Waals surface area contributed by atoms with Crippen LogP contribution in [0.15, 0.2) is 24.3 Å². The van der Waals surface area contributed by atoms with Crippen LogP contribution in [-0.2, 0) is 40.1 Å². The minimum absolute atomic E-state index is 0.116. The summed E-state index contributed by atoms with van der Waals surface area (Å²) in [4.78, 5) is 26.3. The van der Waals surface area contributed by atoms with Gasteiger partial charge in [0.05, 0.1) is 44.2 Å². The lowest BCUT2D eigenvalue weighted by atomic mass is 10.1. The molecule has 1 aliphatic heterocycles. The highest BCUT2D eigenvalue weighted by molar-refractivity contribution is 7.89. The number of hydrogen-bond acceptors (Lipinski definition) is 10. The largest absolute Gasteiger partial charge is 0.273 e. The maximum atomic E-state index is 12.7. The summed E-state index contributed by atoms with van der Waals surface area (Å²) < 4.78 is 104. The van der Waals surface area contributed by atoms with Crippen LogP contribution in [0.2, 0.25) is 19.6 Å². The summed E-state index contributed by atoms with van der Waals surface area (Å²) in [6.45, 7) is 3.78. The van der Waals surface area contributed by atoms with E-state index in [1.54, 1.807) is 12.1 Å². The summed E-state index contributed by atoms with van der Waals surface area (Å²) in [5, 5.41) is 0. The quantitative estimate of drug-likeness (QED) is 0.138. The predicted molar refractivity (Wildman–Crippen MR) is 171 cm³/mol. The number of carbonyl (C=O) groups is 2. The highest BCUT2D eigenvalue weighted by Gasteiger charge is 2.36. The molecule has 1 aromatic carbocycles. The number of hydrogen-bond donors (Lipinski definition) is 0. The van der Waals surface area contributed by atoms with Crippen LogP contribution in [0.1, 0.15) is 20.7 Å². The van der Waals surface area contributed by atoms with Gasteiger partial charge in [0.1, 0.15) is 0 Å². The Bertz CT molecular complexity index is 1630. The third kappa shape index (κ3) is 11.2. The molecule has 0 unspecified atom stereocenters. The predicted octanol–water partition coefficient (Wildman–Crippen LogP) is -0.794. The zero-order valence-electron chi connectivity index (χ0n) is 26.1. The van der Waals surface area contributed by atoms with Gasteiger partial charge >= 0.3 is 0 Å². The third-order valence-electron chi connectivity index (χ3n) is 6.77. The molecule has 0 saturated heterocycles. The van der Waals surface area contributed by atoms with E-state index in [2.05, 4.69) is 0 Å². The first kappa shape index (κ1) is 38.4. The molecule has 1 aliphatic rings. The summed E-state index contributed by atoms with van der Waals surface area (Å²) in [6.07, 6.45) is 4.08. The SMILES string of the molecule is C[Si](C)(C)CN(CCN(CCN(CCN(CCN1C(=O)c2ccccc2C1=O)S(C)(=O)=O)S(C)(=O)=O)S(C)(=O)=O)S(C)(=O)=O. The summed E-state index contributed by atoms with van der Waals surface area (Å²) >= 11 is 0. The zero-order chi connectivity index (χ0) is 33.9. The van der Waals surface area contributed by atoms with Gasteiger partial charge < -0.3 is 0 Å². The molecule has 0 aliphatic carbocycles. The topological polar surface area (TPSA) is 187 Å². The van der Waals surface area contributed by atoms with Crippen LogP contribution < -0.4 is 0 Å². The molecule has 2 amide bonds. The smallest absolute Gasteiger partial charge is 0.261 e. The van der Waals surface area contributed by atoms with E-state index >= 15 is 0 Å². The van der Waals surface area contributed by atoms with Gasteiger partial charge in [-0.2, -0.15) is 12.9 Å². The first-order chi connectivity index (χ1) is 19.8.